The fourth-order valence-corrected chi connectivity index (χ4v) is 6.47. The first-order valence-corrected chi connectivity index (χ1v) is 14.4. The van der Waals surface area contributed by atoms with Crippen LogP contribution in [-0.2, 0) is 19.6 Å². The van der Waals surface area contributed by atoms with Crippen LogP contribution in [0.3, 0.4) is 0 Å². The second-order valence-electron chi connectivity index (χ2n) is 8.84. The van der Waals surface area contributed by atoms with Gasteiger partial charge in [0.2, 0.25) is 10.0 Å². The highest BCUT2D eigenvalue weighted by atomic mass is 32.2. The molecule has 2 aromatic heterocycles. The summed E-state index contributed by atoms with van der Waals surface area (Å²) in [4.78, 5) is 42.2. The van der Waals surface area contributed by atoms with Crippen LogP contribution < -0.4 is 20.8 Å². The van der Waals surface area contributed by atoms with Crippen molar-refractivity contribution in [1.29, 1.82) is 0 Å². The molecule has 0 saturated heterocycles. The summed E-state index contributed by atoms with van der Waals surface area (Å²) in [6.07, 6.45) is 1.43. The van der Waals surface area contributed by atoms with Crippen LogP contribution in [0, 0.1) is 20.8 Å². The van der Waals surface area contributed by atoms with Crippen molar-refractivity contribution in [2.24, 2.45) is 4.99 Å². The van der Waals surface area contributed by atoms with Gasteiger partial charge in [-0.05, 0) is 56.2 Å². The number of pyridine rings is 1. The van der Waals surface area contributed by atoms with E-state index in [2.05, 4.69) is 20.3 Å². The molecule has 1 aromatic carbocycles. The van der Waals surface area contributed by atoms with Gasteiger partial charge in [0, 0.05) is 19.3 Å². The number of nitrogens with one attached hydrogen (secondary N) is 3. The number of benzene rings is 1. The van der Waals surface area contributed by atoms with Crippen LogP contribution in [0.2, 0.25) is 0 Å². The van der Waals surface area contributed by atoms with Gasteiger partial charge in [0.05, 0.1) is 28.3 Å². The van der Waals surface area contributed by atoms with Crippen LogP contribution in [0.1, 0.15) is 36.0 Å². The molecule has 0 bridgehead atoms. The van der Waals surface area contributed by atoms with Crippen molar-refractivity contribution >= 4 is 39.1 Å². The Morgan fingerprint density at radius 2 is 1.65 bits per heavy atom. The summed E-state index contributed by atoms with van der Waals surface area (Å²) < 4.78 is 34.2. The van der Waals surface area contributed by atoms with E-state index < -0.39 is 33.8 Å². The third-order valence-corrected chi connectivity index (χ3v) is 8.53. The normalized spacial score (nSPS) is 12.6. The highest BCUT2D eigenvalue weighted by Gasteiger charge is 2.29. The van der Waals surface area contributed by atoms with E-state index in [1.807, 2.05) is 6.92 Å². The van der Waals surface area contributed by atoms with Gasteiger partial charge in [0.15, 0.2) is 5.49 Å². The molecular weight excluding hydrogens is 558 g/mol. The van der Waals surface area contributed by atoms with Crippen LogP contribution in [-0.4, -0.2) is 68.9 Å². The van der Waals surface area contributed by atoms with Crippen molar-refractivity contribution in [2.45, 2.75) is 31.7 Å². The molecule has 0 saturated carbocycles. The Morgan fingerprint density at radius 1 is 1.02 bits per heavy atom. The number of aryl methyl sites for hydroxylation is 3. The molecule has 214 valence electrons. The lowest BCUT2D eigenvalue weighted by Crippen LogP contribution is -2.49. The molecule has 0 spiro atoms. The molecular formula is C26H31N5O7S2. The Labute approximate surface area is 235 Å². The van der Waals surface area contributed by atoms with Crippen LogP contribution in [0.15, 0.2) is 58.5 Å². The van der Waals surface area contributed by atoms with Crippen LogP contribution >= 0.6 is 11.3 Å². The Hall–Kier alpha value is -4.01. The molecule has 40 heavy (non-hydrogen) atoms. The number of rotatable bonds is 11. The molecule has 12 nitrogen and oxygen atoms in total. The van der Waals surface area contributed by atoms with Crippen molar-refractivity contribution in [3.63, 3.8) is 0 Å². The molecule has 0 aliphatic rings. The number of amides is 2. The van der Waals surface area contributed by atoms with Gasteiger partial charge in [-0.1, -0.05) is 23.8 Å². The highest BCUT2D eigenvalue weighted by Crippen LogP contribution is 2.22. The molecule has 2 amide bonds. The molecule has 0 aliphatic carbocycles. The van der Waals surface area contributed by atoms with Crippen molar-refractivity contribution in [3.8, 4) is 0 Å². The minimum atomic E-state index is -4.12. The summed E-state index contributed by atoms with van der Waals surface area (Å²) in [5.41, 5.74) is 2.28. The van der Waals surface area contributed by atoms with E-state index in [1.165, 1.54) is 18.3 Å². The Bertz CT molecular complexity index is 1550. The predicted molar refractivity (Wildman–Crippen MR) is 148 cm³/mol. The van der Waals surface area contributed by atoms with Gasteiger partial charge < -0.3 is 20.6 Å². The van der Waals surface area contributed by atoms with E-state index in [0.717, 1.165) is 28.7 Å². The lowest BCUT2D eigenvalue weighted by Gasteiger charge is -2.19. The smallest absolute Gasteiger partial charge is 0.325 e. The lowest BCUT2D eigenvalue weighted by molar-refractivity contribution is -0.142. The second kappa shape index (κ2) is 13.4. The monoisotopic (exact) mass is 589 g/mol. The average Bonchev–Trinajstić information content (AvgIpc) is 3.39. The second-order valence-corrected chi connectivity index (χ2v) is 11.6. The molecule has 0 radical (unpaired) electrons. The van der Waals surface area contributed by atoms with E-state index in [0.29, 0.717) is 16.6 Å². The highest BCUT2D eigenvalue weighted by molar-refractivity contribution is 7.89. The number of carbonyl (C=O) groups is 3. The SMILES string of the molecule is COC(=O)C(CNC(=O)c1ccc(C(=O)NCCN=c2ccccn2O)s1)NS(=O)(=O)c1c(C)cc(C)cc1C. The van der Waals surface area contributed by atoms with Gasteiger partial charge in [0.1, 0.15) is 6.04 Å². The number of esters is 1. The minimum Gasteiger partial charge on any atom is -0.468 e. The quantitative estimate of drug-likeness (QED) is 0.148. The number of nitrogens with zero attached hydrogens (tertiary/aromatic N) is 2. The first-order chi connectivity index (χ1) is 18.9. The molecule has 1 atom stereocenters. The third-order valence-electron chi connectivity index (χ3n) is 5.67. The lowest BCUT2D eigenvalue weighted by atomic mass is 10.1. The summed E-state index contributed by atoms with van der Waals surface area (Å²) in [5.74, 6) is -1.87. The summed E-state index contributed by atoms with van der Waals surface area (Å²) in [6, 6.07) is 9.98. The first-order valence-electron chi connectivity index (χ1n) is 12.1. The molecule has 0 aliphatic heterocycles. The van der Waals surface area contributed by atoms with Gasteiger partial charge in [-0.3, -0.25) is 19.4 Å². The number of methoxy groups -OCH3 is 1. The third kappa shape index (κ3) is 7.77. The molecule has 2 heterocycles. The van der Waals surface area contributed by atoms with E-state index in [1.54, 1.807) is 44.2 Å². The van der Waals surface area contributed by atoms with Crippen LogP contribution in [0.5, 0.6) is 0 Å². The number of thiophene rings is 1. The van der Waals surface area contributed by atoms with Crippen molar-refractivity contribution in [3.05, 3.63) is 80.6 Å². The van der Waals surface area contributed by atoms with Gasteiger partial charge in [0.25, 0.3) is 11.8 Å². The van der Waals surface area contributed by atoms with Gasteiger partial charge in [-0.25, -0.2) is 8.42 Å². The Kier molecular flexibility index (Phi) is 10.2. The number of hydrogen-bond donors (Lipinski definition) is 4. The van der Waals surface area contributed by atoms with Crippen molar-refractivity contribution < 1.29 is 32.7 Å². The molecule has 3 aromatic rings. The number of aromatic nitrogens is 1. The van der Waals surface area contributed by atoms with E-state index in [4.69, 9.17) is 4.74 Å². The summed E-state index contributed by atoms with van der Waals surface area (Å²) in [6.45, 7) is 5.23. The number of carbonyl (C=O) groups excluding carboxylic acids is 3. The number of sulfonamides is 1. The van der Waals surface area contributed by atoms with Crippen LogP contribution in [0.25, 0.3) is 0 Å². The molecule has 3 rings (SSSR count). The van der Waals surface area contributed by atoms with Crippen LogP contribution in [0.4, 0.5) is 0 Å². The maximum Gasteiger partial charge on any atom is 0.325 e. The van der Waals surface area contributed by atoms with Gasteiger partial charge in [-0.15, -0.1) is 11.3 Å². The van der Waals surface area contributed by atoms with Gasteiger partial charge >= 0.3 is 5.97 Å². The largest absolute Gasteiger partial charge is 0.468 e. The number of hydrogen-bond acceptors (Lipinski definition) is 9. The predicted octanol–water partition coefficient (Wildman–Crippen LogP) is 1.29. The van der Waals surface area contributed by atoms with Gasteiger partial charge in [-0.2, -0.15) is 9.45 Å². The summed E-state index contributed by atoms with van der Waals surface area (Å²) >= 11 is 0.933. The minimum absolute atomic E-state index is 0.0550. The summed E-state index contributed by atoms with van der Waals surface area (Å²) in [7, 11) is -3.00. The zero-order valence-corrected chi connectivity index (χ0v) is 24.1. The zero-order chi connectivity index (χ0) is 29.4. The van der Waals surface area contributed by atoms with Crippen molar-refractivity contribution in [2.75, 3.05) is 26.7 Å². The molecule has 0 fully saturated rings. The Balaban J connectivity index is 1.61. The standard InChI is InChI=1S/C26H31N5O7S2/c1-16-13-17(2)23(18(3)14-16)40(36,37)30-19(26(34)38-4)15-29-25(33)21-9-8-20(39-21)24(32)28-11-10-27-22-7-5-6-12-31(22)35/h5-9,12-14,19,30,35H,10-11,15H2,1-4H3,(H,28,32)(H,29,33). The van der Waals surface area contributed by atoms with E-state index in [-0.39, 0.29) is 34.3 Å². The van der Waals surface area contributed by atoms with E-state index >= 15 is 0 Å². The Morgan fingerprint density at radius 3 is 2.25 bits per heavy atom. The molecule has 14 heteroatoms. The molecule has 1 unspecified atom stereocenters. The fourth-order valence-electron chi connectivity index (χ4n) is 3.99. The average molecular weight is 590 g/mol. The first kappa shape index (κ1) is 30.5. The number of ether oxygens (including phenoxy) is 1. The maximum absolute atomic E-state index is 13.1. The van der Waals surface area contributed by atoms with Crippen molar-refractivity contribution in [1.82, 2.24) is 20.1 Å². The zero-order valence-electron chi connectivity index (χ0n) is 22.4. The maximum atomic E-state index is 13.1. The van der Waals surface area contributed by atoms with E-state index in [9.17, 15) is 28.0 Å². The molecule has 4 N–H and O–H groups in total. The fraction of sp³-hybridized carbons (Fsp3) is 0.308. The topological polar surface area (TPSA) is 168 Å². The summed E-state index contributed by atoms with van der Waals surface area (Å²) in [5, 5.41) is 14.9.